The molecule has 0 bridgehead atoms. The average molecular weight is 335 g/mol. The Hall–Kier alpha value is -2.08. The molecule has 6 nitrogen and oxygen atoms in total. The van der Waals surface area contributed by atoms with Gasteiger partial charge in [-0.05, 0) is 45.5 Å². The second-order valence-electron chi connectivity index (χ2n) is 7.07. The fourth-order valence-electron chi connectivity index (χ4n) is 2.25. The number of hydrogen-bond acceptors (Lipinski definition) is 4. The zero-order chi connectivity index (χ0) is 18.3. The molecule has 6 heteroatoms. The third kappa shape index (κ3) is 7.46. The van der Waals surface area contributed by atoms with Gasteiger partial charge in [-0.2, -0.15) is 0 Å². The van der Waals surface area contributed by atoms with Crippen molar-refractivity contribution in [1.29, 1.82) is 0 Å². The Bertz CT molecular complexity index is 567. The first-order valence-electron chi connectivity index (χ1n) is 7.97. The lowest BCUT2D eigenvalue weighted by atomic mass is 10.1. The fourth-order valence-corrected chi connectivity index (χ4v) is 2.25. The molecule has 1 aromatic rings. The van der Waals surface area contributed by atoms with E-state index in [4.69, 9.17) is 4.74 Å². The average Bonchev–Trinajstić information content (AvgIpc) is 2.44. The zero-order valence-electron chi connectivity index (χ0n) is 15.5. The van der Waals surface area contributed by atoms with Crippen LogP contribution in [0.2, 0.25) is 0 Å². The number of nitrogens with one attached hydrogen (secondary N) is 1. The van der Waals surface area contributed by atoms with E-state index >= 15 is 0 Å². The third-order valence-electron chi connectivity index (χ3n) is 3.31. The fraction of sp³-hybridized carbons (Fsp3) is 0.556. The second kappa shape index (κ2) is 8.68. The molecule has 1 N–H and O–H groups in total. The molecule has 0 aliphatic heterocycles. The first-order valence-corrected chi connectivity index (χ1v) is 7.97. The van der Waals surface area contributed by atoms with Crippen LogP contribution in [0, 0.1) is 0 Å². The van der Waals surface area contributed by atoms with Crippen molar-refractivity contribution in [1.82, 2.24) is 15.1 Å². The minimum atomic E-state index is -0.301. The van der Waals surface area contributed by atoms with Gasteiger partial charge in [0.2, 0.25) is 11.8 Å². The van der Waals surface area contributed by atoms with Gasteiger partial charge in [-0.15, -0.1) is 0 Å². The van der Waals surface area contributed by atoms with E-state index < -0.39 is 0 Å². The molecule has 0 spiro atoms. The lowest BCUT2D eigenvalue weighted by Gasteiger charge is -2.25. The van der Waals surface area contributed by atoms with Gasteiger partial charge >= 0.3 is 0 Å². The van der Waals surface area contributed by atoms with Crippen LogP contribution in [-0.2, 0) is 16.1 Å². The molecule has 1 rings (SSSR count). The van der Waals surface area contributed by atoms with Crippen LogP contribution < -0.4 is 10.1 Å². The molecule has 0 aliphatic rings. The summed E-state index contributed by atoms with van der Waals surface area (Å²) in [7, 11) is 5.15. The molecule has 0 saturated carbocycles. The molecule has 0 fully saturated rings. The maximum Gasteiger partial charge on any atom is 0.240 e. The molecule has 0 unspecified atom stereocenters. The predicted molar refractivity (Wildman–Crippen MR) is 94.9 cm³/mol. The molecule has 134 valence electrons. The number of rotatable bonds is 7. The van der Waals surface area contributed by atoms with Crippen LogP contribution in [0.4, 0.5) is 0 Å². The van der Waals surface area contributed by atoms with Gasteiger partial charge in [0.1, 0.15) is 5.75 Å². The molecule has 0 aliphatic carbocycles. The van der Waals surface area contributed by atoms with Crippen LogP contribution >= 0.6 is 0 Å². The highest BCUT2D eigenvalue weighted by atomic mass is 16.5. The standard InChI is InChI=1S/C18H29N3O3/c1-18(2,3)19-16(22)12-21(5)17(23)13-20(4)11-14-8-7-9-15(10-14)24-6/h7-10H,11-13H2,1-6H3,(H,19,22). The van der Waals surface area contributed by atoms with Crippen molar-refractivity contribution in [2.45, 2.75) is 32.9 Å². The first kappa shape index (κ1) is 20.0. The van der Waals surface area contributed by atoms with Gasteiger partial charge in [-0.3, -0.25) is 14.5 Å². The van der Waals surface area contributed by atoms with E-state index in [9.17, 15) is 9.59 Å². The van der Waals surface area contributed by atoms with E-state index in [0.717, 1.165) is 11.3 Å². The van der Waals surface area contributed by atoms with Gasteiger partial charge in [0.05, 0.1) is 20.2 Å². The SMILES string of the molecule is COc1cccc(CN(C)CC(=O)N(C)CC(=O)NC(C)(C)C)c1. The normalized spacial score (nSPS) is 11.3. The van der Waals surface area contributed by atoms with Gasteiger partial charge in [-0.25, -0.2) is 0 Å². The summed E-state index contributed by atoms with van der Waals surface area (Å²) in [6, 6.07) is 7.74. The number of nitrogens with zero attached hydrogens (tertiary/aromatic N) is 2. The lowest BCUT2D eigenvalue weighted by molar-refractivity contribution is -0.136. The third-order valence-corrected chi connectivity index (χ3v) is 3.31. The van der Waals surface area contributed by atoms with Crippen LogP contribution in [0.3, 0.4) is 0 Å². The van der Waals surface area contributed by atoms with E-state index in [2.05, 4.69) is 5.32 Å². The molecular formula is C18H29N3O3. The van der Waals surface area contributed by atoms with E-state index in [1.165, 1.54) is 4.90 Å². The largest absolute Gasteiger partial charge is 0.497 e. The Morgan fingerprint density at radius 2 is 1.83 bits per heavy atom. The Labute approximate surface area is 144 Å². The quantitative estimate of drug-likeness (QED) is 0.820. The monoisotopic (exact) mass is 335 g/mol. The predicted octanol–water partition coefficient (Wildman–Crippen LogP) is 1.50. The van der Waals surface area contributed by atoms with E-state index in [-0.39, 0.29) is 30.4 Å². The number of amides is 2. The summed E-state index contributed by atoms with van der Waals surface area (Å²) < 4.78 is 5.20. The summed E-state index contributed by atoms with van der Waals surface area (Å²) in [4.78, 5) is 27.5. The minimum absolute atomic E-state index is 0.0586. The number of methoxy groups -OCH3 is 1. The minimum Gasteiger partial charge on any atom is -0.497 e. The molecule has 1 aromatic carbocycles. The van der Waals surface area contributed by atoms with Crippen LogP contribution in [0.5, 0.6) is 5.75 Å². The summed E-state index contributed by atoms with van der Waals surface area (Å²) in [5, 5.41) is 2.85. The van der Waals surface area contributed by atoms with E-state index in [1.54, 1.807) is 14.2 Å². The van der Waals surface area contributed by atoms with Crippen molar-refractivity contribution in [3.63, 3.8) is 0 Å². The lowest BCUT2D eigenvalue weighted by Crippen LogP contribution is -2.47. The summed E-state index contributed by atoms with van der Waals surface area (Å²) >= 11 is 0. The van der Waals surface area contributed by atoms with Crippen molar-refractivity contribution in [3.8, 4) is 5.75 Å². The summed E-state index contributed by atoms with van der Waals surface area (Å²) in [5.41, 5.74) is 0.766. The van der Waals surface area contributed by atoms with Gasteiger partial charge in [0.15, 0.2) is 0 Å². The molecular weight excluding hydrogens is 306 g/mol. The van der Waals surface area contributed by atoms with Crippen molar-refractivity contribution in [3.05, 3.63) is 29.8 Å². The highest BCUT2D eigenvalue weighted by Gasteiger charge is 2.18. The molecule has 0 saturated heterocycles. The maximum absolute atomic E-state index is 12.2. The van der Waals surface area contributed by atoms with Crippen LogP contribution in [0.15, 0.2) is 24.3 Å². The van der Waals surface area contributed by atoms with Crippen LogP contribution in [-0.4, -0.2) is 61.4 Å². The smallest absolute Gasteiger partial charge is 0.240 e. The second-order valence-corrected chi connectivity index (χ2v) is 7.07. The first-order chi connectivity index (χ1) is 11.1. The number of carbonyl (C=O) groups is 2. The molecule has 0 heterocycles. The maximum atomic E-state index is 12.2. The number of benzene rings is 1. The molecule has 0 aromatic heterocycles. The van der Waals surface area contributed by atoms with Crippen molar-refractivity contribution in [2.24, 2.45) is 0 Å². The van der Waals surface area contributed by atoms with Gasteiger partial charge in [-0.1, -0.05) is 12.1 Å². The highest BCUT2D eigenvalue weighted by Crippen LogP contribution is 2.13. The molecule has 0 atom stereocenters. The summed E-state index contributed by atoms with van der Waals surface area (Å²) in [6.45, 7) is 6.67. The van der Waals surface area contributed by atoms with E-state index in [0.29, 0.717) is 6.54 Å². The highest BCUT2D eigenvalue weighted by molar-refractivity contribution is 5.85. The Morgan fingerprint density at radius 3 is 2.42 bits per heavy atom. The van der Waals surface area contributed by atoms with Crippen molar-refractivity contribution >= 4 is 11.8 Å². The Balaban J connectivity index is 2.49. The number of ether oxygens (including phenoxy) is 1. The van der Waals surface area contributed by atoms with E-state index in [1.807, 2.05) is 57.0 Å². The van der Waals surface area contributed by atoms with Crippen LogP contribution in [0.25, 0.3) is 0 Å². The topological polar surface area (TPSA) is 61.9 Å². The Morgan fingerprint density at radius 1 is 1.17 bits per heavy atom. The Kier molecular flexibility index (Phi) is 7.22. The number of hydrogen-bond donors (Lipinski definition) is 1. The molecule has 24 heavy (non-hydrogen) atoms. The summed E-state index contributed by atoms with van der Waals surface area (Å²) in [6.07, 6.45) is 0. The number of likely N-dealkylation sites (N-methyl/N-ethyl adjacent to an activating group) is 2. The molecule has 2 amide bonds. The number of carbonyl (C=O) groups excluding carboxylic acids is 2. The summed E-state index contributed by atoms with van der Waals surface area (Å²) in [5.74, 6) is 0.543. The van der Waals surface area contributed by atoms with Crippen molar-refractivity contribution < 1.29 is 14.3 Å². The van der Waals surface area contributed by atoms with Crippen LogP contribution in [0.1, 0.15) is 26.3 Å². The van der Waals surface area contributed by atoms with Crippen molar-refractivity contribution in [2.75, 3.05) is 34.3 Å². The zero-order valence-corrected chi connectivity index (χ0v) is 15.5. The van der Waals surface area contributed by atoms with Gasteiger partial charge < -0.3 is 15.0 Å². The van der Waals surface area contributed by atoms with Gasteiger partial charge in [0.25, 0.3) is 0 Å². The molecule has 0 radical (unpaired) electrons. The van der Waals surface area contributed by atoms with Gasteiger partial charge in [0, 0.05) is 19.1 Å².